The first-order valence-corrected chi connectivity index (χ1v) is 5.58. The Morgan fingerprint density at radius 1 is 0.952 bits per heavy atom. The van der Waals surface area contributed by atoms with Crippen LogP contribution in [0.15, 0.2) is 30.3 Å². The van der Waals surface area contributed by atoms with Gasteiger partial charge in [0.15, 0.2) is 5.88 Å². The molecule has 0 aliphatic heterocycles. The van der Waals surface area contributed by atoms with Gasteiger partial charge in [-0.05, 0) is 24.3 Å². The molecule has 0 aliphatic carbocycles. The quantitative estimate of drug-likeness (QED) is 0.736. The predicted molar refractivity (Wildman–Crippen MR) is 60.8 cm³/mol. The molecule has 1 radical (unpaired) electrons. The first-order chi connectivity index (χ1) is 9.57. The maximum atomic E-state index is 12.7. The van der Waals surface area contributed by atoms with Crippen molar-refractivity contribution in [3.63, 3.8) is 0 Å². The lowest BCUT2D eigenvalue weighted by atomic mass is 10.1. The molecule has 0 spiro atoms. The molecule has 0 amide bonds. The Morgan fingerprint density at radius 3 is 1.86 bits per heavy atom. The van der Waals surface area contributed by atoms with Crippen LogP contribution in [0.4, 0.5) is 26.3 Å². The van der Waals surface area contributed by atoms with Crippen molar-refractivity contribution in [1.29, 1.82) is 0 Å². The Balaban J connectivity index is 2.48. The van der Waals surface area contributed by atoms with Gasteiger partial charge in [0, 0.05) is 13.1 Å². The van der Waals surface area contributed by atoms with E-state index in [1.807, 2.05) is 0 Å². The van der Waals surface area contributed by atoms with Crippen molar-refractivity contribution in [3.05, 3.63) is 47.7 Å². The second-order valence-corrected chi connectivity index (χ2v) is 4.20. The third kappa shape index (κ3) is 3.50. The van der Waals surface area contributed by atoms with Gasteiger partial charge in [0.25, 0.3) is 0 Å². The zero-order valence-electron chi connectivity index (χ0n) is 10.5. The van der Waals surface area contributed by atoms with E-state index in [4.69, 9.17) is 4.74 Å². The lowest BCUT2D eigenvalue weighted by Gasteiger charge is -2.14. The molecule has 0 unspecified atom stereocenters. The summed E-state index contributed by atoms with van der Waals surface area (Å²) in [4.78, 5) is 0. The first kappa shape index (κ1) is 15.3. The number of ether oxygens (including phenoxy) is 1. The fourth-order valence-corrected chi connectivity index (χ4v) is 1.60. The molecule has 1 heterocycles. The highest BCUT2D eigenvalue weighted by atomic mass is 19.4. The fraction of sp³-hybridized carbons (Fsp3) is 0.231. The molecular weight excluding hydrogens is 300 g/mol. The molecule has 21 heavy (non-hydrogen) atoms. The predicted octanol–water partition coefficient (Wildman–Crippen LogP) is 4.66. The molecule has 0 saturated heterocycles. The average molecular weight is 308 g/mol. The molecule has 0 atom stereocenters. The van der Waals surface area contributed by atoms with Crippen LogP contribution in [0.2, 0.25) is 0 Å². The fourth-order valence-electron chi connectivity index (χ4n) is 1.60. The highest BCUT2D eigenvalue weighted by molar-refractivity contribution is 5.39. The van der Waals surface area contributed by atoms with Crippen LogP contribution in [0.3, 0.4) is 0 Å². The Bertz CT molecular complexity index is 609. The molecule has 0 aliphatic rings. The highest BCUT2D eigenvalue weighted by Crippen LogP contribution is 2.39. The van der Waals surface area contributed by atoms with Crippen molar-refractivity contribution in [1.82, 2.24) is 4.57 Å². The monoisotopic (exact) mass is 308 g/mol. The van der Waals surface area contributed by atoms with E-state index >= 15 is 0 Å². The van der Waals surface area contributed by atoms with Crippen LogP contribution in [-0.2, 0) is 19.4 Å². The van der Waals surface area contributed by atoms with E-state index < -0.39 is 29.2 Å². The maximum Gasteiger partial charge on any atom is 0.416 e. The molecular formula is C13H8F6NO. The third-order valence-electron chi connectivity index (χ3n) is 2.61. The lowest BCUT2D eigenvalue weighted by molar-refractivity contribution is -0.143. The largest absolute Gasteiger partial charge is 0.441 e. The summed E-state index contributed by atoms with van der Waals surface area (Å²) >= 11 is 0. The molecule has 113 valence electrons. The summed E-state index contributed by atoms with van der Waals surface area (Å²) in [7, 11) is 1.49. The zero-order chi connectivity index (χ0) is 15.8. The number of hydrogen-bond donors (Lipinski definition) is 0. The van der Waals surface area contributed by atoms with Gasteiger partial charge in [-0.3, -0.25) is 0 Å². The number of alkyl halides is 6. The topological polar surface area (TPSA) is 14.2 Å². The minimum Gasteiger partial charge on any atom is -0.441 e. The van der Waals surface area contributed by atoms with E-state index in [0.29, 0.717) is 12.1 Å². The van der Waals surface area contributed by atoms with Crippen molar-refractivity contribution in [2.45, 2.75) is 12.4 Å². The van der Waals surface area contributed by atoms with Gasteiger partial charge in [0.2, 0.25) is 0 Å². The van der Waals surface area contributed by atoms with Crippen LogP contribution < -0.4 is 4.74 Å². The SMILES string of the molecule is Cn1[c]ccc1Oc1cc(C(F)(F)F)cc(C(F)(F)F)c1. The second kappa shape index (κ2) is 5.01. The molecule has 1 aromatic heterocycles. The summed E-state index contributed by atoms with van der Waals surface area (Å²) in [6.45, 7) is 0. The van der Waals surface area contributed by atoms with Crippen molar-refractivity contribution in [2.24, 2.45) is 7.05 Å². The number of rotatable bonds is 2. The van der Waals surface area contributed by atoms with Gasteiger partial charge in [0.05, 0.1) is 17.3 Å². The zero-order valence-corrected chi connectivity index (χ0v) is 10.5. The van der Waals surface area contributed by atoms with Gasteiger partial charge < -0.3 is 9.30 Å². The van der Waals surface area contributed by atoms with E-state index in [0.717, 1.165) is 0 Å². The minimum atomic E-state index is -4.90. The van der Waals surface area contributed by atoms with Gasteiger partial charge in [-0.15, -0.1) is 0 Å². The third-order valence-corrected chi connectivity index (χ3v) is 2.61. The number of aryl methyl sites for hydroxylation is 1. The normalized spacial score (nSPS) is 12.5. The molecule has 2 nitrogen and oxygen atoms in total. The highest BCUT2D eigenvalue weighted by Gasteiger charge is 2.37. The van der Waals surface area contributed by atoms with Gasteiger partial charge in [0.1, 0.15) is 5.75 Å². The Labute approximate surface area is 115 Å². The number of hydrogen-bond acceptors (Lipinski definition) is 1. The van der Waals surface area contributed by atoms with Crippen LogP contribution in [0.5, 0.6) is 11.6 Å². The molecule has 0 saturated carbocycles. The summed E-state index contributed by atoms with van der Waals surface area (Å²) in [5.41, 5.74) is -2.85. The molecule has 2 aromatic rings. The smallest absolute Gasteiger partial charge is 0.416 e. The van der Waals surface area contributed by atoms with Gasteiger partial charge in [-0.2, -0.15) is 26.3 Å². The van der Waals surface area contributed by atoms with Crippen molar-refractivity contribution < 1.29 is 31.1 Å². The van der Waals surface area contributed by atoms with E-state index in [9.17, 15) is 26.3 Å². The number of halogens is 6. The summed E-state index contributed by atoms with van der Waals surface area (Å²) in [6, 6.07) is 3.87. The standard InChI is InChI=1S/C13H8F6NO/c1-20-4-2-3-11(20)21-10-6-8(12(14,15)16)5-9(7-10)13(17,18)19/h2-3,5-7H,1H3. The van der Waals surface area contributed by atoms with Crippen molar-refractivity contribution in [3.8, 4) is 11.6 Å². The summed E-state index contributed by atoms with van der Waals surface area (Å²) < 4.78 is 82.3. The van der Waals surface area contributed by atoms with Crippen LogP contribution in [-0.4, -0.2) is 4.57 Å². The van der Waals surface area contributed by atoms with Crippen LogP contribution in [0.1, 0.15) is 11.1 Å². The van der Waals surface area contributed by atoms with Gasteiger partial charge >= 0.3 is 12.4 Å². The second-order valence-electron chi connectivity index (χ2n) is 4.20. The Morgan fingerprint density at radius 2 is 1.48 bits per heavy atom. The van der Waals surface area contributed by atoms with Crippen molar-refractivity contribution in [2.75, 3.05) is 0 Å². The summed E-state index contributed by atoms with van der Waals surface area (Å²) in [6.07, 6.45) is -7.18. The molecule has 0 bridgehead atoms. The summed E-state index contributed by atoms with van der Waals surface area (Å²) in [5.74, 6) is -0.477. The summed E-state index contributed by atoms with van der Waals surface area (Å²) in [5, 5.41) is 0. The number of aromatic nitrogens is 1. The molecule has 0 N–H and O–H groups in total. The molecule has 0 fully saturated rings. The molecule has 8 heteroatoms. The van der Waals surface area contributed by atoms with Crippen LogP contribution in [0.25, 0.3) is 0 Å². The van der Waals surface area contributed by atoms with E-state index in [1.54, 1.807) is 0 Å². The van der Waals surface area contributed by atoms with E-state index in [-0.39, 0.29) is 11.9 Å². The lowest BCUT2D eigenvalue weighted by Crippen LogP contribution is -2.11. The number of benzene rings is 1. The van der Waals surface area contributed by atoms with E-state index in [2.05, 4.69) is 6.20 Å². The van der Waals surface area contributed by atoms with Gasteiger partial charge in [-0.25, -0.2) is 0 Å². The molecule has 1 aromatic carbocycles. The molecule has 2 rings (SSSR count). The maximum absolute atomic E-state index is 12.7. The Hall–Kier alpha value is -2.12. The van der Waals surface area contributed by atoms with E-state index in [1.165, 1.54) is 23.7 Å². The Kier molecular flexibility index (Phi) is 3.65. The number of nitrogens with zero attached hydrogens (tertiary/aromatic N) is 1. The van der Waals surface area contributed by atoms with Crippen molar-refractivity contribution >= 4 is 0 Å². The minimum absolute atomic E-state index is 0.0456. The average Bonchev–Trinajstić information content (AvgIpc) is 2.72. The van der Waals surface area contributed by atoms with Crippen LogP contribution in [0, 0.1) is 6.20 Å². The first-order valence-electron chi connectivity index (χ1n) is 5.58. The van der Waals surface area contributed by atoms with Crippen LogP contribution >= 0.6 is 0 Å². The van der Waals surface area contributed by atoms with Gasteiger partial charge in [-0.1, -0.05) is 0 Å².